The number of aliphatic hydroxyl groups is 5. The molecule has 1 rings (SSSR count). The van der Waals surface area contributed by atoms with Crippen molar-refractivity contribution in [2.75, 3.05) is 13.2 Å². The molecule has 80 heavy (non-hydrogen) atoms. The third-order valence-electron chi connectivity index (χ3n) is 14.7. The Morgan fingerprint density at radius 3 is 1.38 bits per heavy atom. The van der Waals surface area contributed by atoms with E-state index in [0.29, 0.717) is 12.8 Å². The second-order valence-corrected chi connectivity index (χ2v) is 22.1. The van der Waals surface area contributed by atoms with Crippen molar-refractivity contribution in [2.24, 2.45) is 0 Å². The molecule has 1 aliphatic heterocycles. The maximum absolute atomic E-state index is 13.4. The minimum Gasteiger partial charge on any atom is -0.454 e. The van der Waals surface area contributed by atoms with Crippen LogP contribution in [0.15, 0.2) is 97.2 Å². The fourth-order valence-corrected chi connectivity index (χ4v) is 9.59. The summed E-state index contributed by atoms with van der Waals surface area (Å²) in [7, 11) is 0. The molecule has 8 atom stereocenters. The highest BCUT2D eigenvalue weighted by atomic mass is 16.7. The lowest BCUT2D eigenvalue weighted by molar-refractivity contribution is -0.305. The average molecular weight is 1120 g/mol. The van der Waals surface area contributed by atoms with Crippen LogP contribution in [0, 0.1) is 0 Å². The number of hydrogen-bond acceptors (Lipinski definition) is 10. The second kappa shape index (κ2) is 56.1. The molecule has 0 aliphatic carbocycles. The first-order valence-electron chi connectivity index (χ1n) is 32.5. The molecule has 1 amide bonds. The van der Waals surface area contributed by atoms with Gasteiger partial charge in [0.1, 0.15) is 24.4 Å². The summed E-state index contributed by atoms with van der Waals surface area (Å²) in [6, 6.07) is -1.04. The summed E-state index contributed by atoms with van der Waals surface area (Å²) in [6.45, 7) is 5.64. The highest BCUT2D eigenvalue weighted by Crippen LogP contribution is 2.26. The molecule has 1 fully saturated rings. The van der Waals surface area contributed by atoms with Gasteiger partial charge in [-0.25, -0.2) is 0 Å². The van der Waals surface area contributed by atoms with E-state index in [4.69, 9.17) is 14.2 Å². The Hall–Kier alpha value is -3.42. The van der Waals surface area contributed by atoms with E-state index in [1.165, 1.54) is 103 Å². The van der Waals surface area contributed by atoms with Gasteiger partial charge in [-0.3, -0.25) is 9.59 Å². The molecule has 0 bridgehead atoms. The van der Waals surface area contributed by atoms with E-state index in [1.807, 2.05) is 6.08 Å². The molecule has 0 aromatic rings. The first-order chi connectivity index (χ1) is 39.2. The molecular weight excluding hydrogens is 1000 g/mol. The van der Waals surface area contributed by atoms with Gasteiger partial charge in [-0.15, -0.1) is 0 Å². The zero-order chi connectivity index (χ0) is 58.2. The normalized spacial score (nSPS) is 19.4. The van der Waals surface area contributed by atoms with Crippen molar-refractivity contribution in [3.05, 3.63) is 97.2 Å². The second-order valence-electron chi connectivity index (χ2n) is 22.1. The van der Waals surface area contributed by atoms with Gasteiger partial charge in [0.2, 0.25) is 5.91 Å². The number of nitrogens with one attached hydrogen (secondary N) is 1. The van der Waals surface area contributed by atoms with Gasteiger partial charge in [0.25, 0.3) is 0 Å². The molecule has 0 aromatic carbocycles. The van der Waals surface area contributed by atoms with E-state index in [-0.39, 0.29) is 19.4 Å². The fourth-order valence-electron chi connectivity index (χ4n) is 9.59. The lowest BCUT2D eigenvalue weighted by Gasteiger charge is -2.41. The van der Waals surface area contributed by atoms with Gasteiger partial charge in [0.15, 0.2) is 12.4 Å². The molecule has 0 saturated carbocycles. The maximum Gasteiger partial charge on any atom is 0.306 e. The van der Waals surface area contributed by atoms with Crippen LogP contribution in [0.3, 0.4) is 0 Å². The largest absolute Gasteiger partial charge is 0.454 e. The molecule has 8 unspecified atom stereocenters. The van der Waals surface area contributed by atoms with Gasteiger partial charge >= 0.3 is 5.97 Å². The van der Waals surface area contributed by atoms with E-state index in [2.05, 4.69) is 111 Å². The Balaban J connectivity index is 2.67. The predicted octanol–water partition coefficient (Wildman–Crippen LogP) is 15.9. The summed E-state index contributed by atoms with van der Waals surface area (Å²) in [4.78, 5) is 26.6. The van der Waals surface area contributed by atoms with E-state index < -0.39 is 67.4 Å². The molecule has 11 nitrogen and oxygen atoms in total. The van der Waals surface area contributed by atoms with E-state index >= 15 is 0 Å². The number of unbranched alkanes of at least 4 members (excludes halogenated alkanes) is 26. The third kappa shape index (κ3) is 43.3. The van der Waals surface area contributed by atoms with Gasteiger partial charge in [0.05, 0.1) is 25.4 Å². The first kappa shape index (κ1) is 74.6. The van der Waals surface area contributed by atoms with Crippen molar-refractivity contribution in [2.45, 2.75) is 314 Å². The highest BCUT2D eigenvalue weighted by Gasteiger charge is 2.47. The lowest BCUT2D eigenvalue weighted by atomic mass is 9.99. The van der Waals surface area contributed by atoms with Crippen LogP contribution in [-0.2, 0) is 23.8 Å². The van der Waals surface area contributed by atoms with Gasteiger partial charge < -0.3 is 45.1 Å². The van der Waals surface area contributed by atoms with Crippen molar-refractivity contribution >= 4 is 11.9 Å². The van der Waals surface area contributed by atoms with Crippen molar-refractivity contribution < 1.29 is 49.3 Å². The molecule has 460 valence electrons. The number of esters is 1. The number of carbonyl (C=O) groups excluding carboxylic acids is 2. The first-order valence-corrected chi connectivity index (χ1v) is 32.5. The van der Waals surface area contributed by atoms with Crippen molar-refractivity contribution in [1.82, 2.24) is 5.32 Å². The Bertz CT molecular complexity index is 1670. The van der Waals surface area contributed by atoms with Crippen LogP contribution in [0.2, 0.25) is 0 Å². The standard InChI is InChI=1S/C69H119NO10/c1-4-7-10-13-16-19-22-25-27-29-31-32-33-35-37-39-42-45-48-51-54-57-64(74)80-67-66(76)65(75)63(58-71)79-69(67)78-59-60(61(72)55-52-49-46-43-40-24-21-18-15-12-9-6-3)70-68(77)62(73)56-53-50-47-44-41-38-36-34-30-28-26-23-20-17-14-11-8-5-2/h7,10,16-17,19-20,25-28,31-32,35,37,52,55,60-63,65-67,69,71-73,75-76H,4-6,8-9,11-15,18,21-24,29-30,33-34,36,38-51,53-54,56-59H2,1-3H3,(H,70,77)/b10-7-,19-16-,20-17-,27-25-,28-26-,32-31-,37-35-,55-52+. The summed E-state index contributed by atoms with van der Waals surface area (Å²) >= 11 is 0. The molecule has 6 N–H and O–H groups in total. The summed E-state index contributed by atoms with van der Waals surface area (Å²) in [5.74, 6) is -1.22. The molecule has 11 heteroatoms. The van der Waals surface area contributed by atoms with Crippen molar-refractivity contribution in [3.63, 3.8) is 0 Å². The van der Waals surface area contributed by atoms with E-state index in [9.17, 15) is 35.1 Å². The van der Waals surface area contributed by atoms with E-state index in [1.54, 1.807) is 6.08 Å². The Kier molecular flexibility index (Phi) is 52.3. The van der Waals surface area contributed by atoms with Crippen LogP contribution in [0.25, 0.3) is 0 Å². The van der Waals surface area contributed by atoms with Crippen LogP contribution < -0.4 is 5.32 Å². The monoisotopic (exact) mass is 1120 g/mol. The molecule has 0 radical (unpaired) electrons. The van der Waals surface area contributed by atoms with Gasteiger partial charge in [-0.05, 0) is 103 Å². The third-order valence-corrected chi connectivity index (χ3v) is 14.7. The van der Waals surface area contributed by atoms with E-state index in [0.717, 1.165) is 116 Å². The van der Waals surface area contributed by atoms with Crippen LogP contribution in [0.4, 0.5) is 0 Å². The minimum absolute atomic E-state index is 0.0965. The van der Waals surface area contributed by atoms with Crippen LogP contribution in [-0.4, -0.2) is 99.6 Å². The average Bonchev–Trinajstić information content (AvgIpc) is 3.45. The molecule has 0 aromatic heterocycles. The van der Waals surface area contributed by atoms with Crippen LogP contribution in [0.1, 0.15) is 265 Å². The number of ether oxygens (including phenoxy) is 3. The van der Waals surface area contributed by atoms with Crippen LogP contribution >= 0.6 is 0 Å². The summed E-state index contributed by atoms with van der Waals surface area (Å²) < 4.78 is 17.6. The molecule has 1 saturated heterocycles. The SMILES string of the molecule is CC/C=C\C/C=C\C/C=C\C/C=C\C/C=C\CCCCCCCC(=O)OC1C(OCC(NC(=O)C(O)CCCCCCCCCC/C=C\C/C=C\CCCCC)C(O)/C=C/CCCCCCCCCCCC)OC(CO)C(O)C1O. The van der Waals surface area contributed by atoms with Gasteiger partial charge in [0, 0.05) is 6.42 Å². The Morgan fingerprint density at radius 1 is 0.500 bits per heavy atom. The topological polar surface area (TPSA) is 175 Å². The molecule has 1 heterocycles. The van der Waals surface area contributed by atoms with Crippen molar-refractivity contribution in [1.29, 1.82) is 0 Å². The summed E-state index contributed by atoms with van der Waals surface area (Å²) in [5, 5.41) is 57.1. The zero-order valence-electron chi connectivity index (χ0n) is 50.9. The number of amides is 1. The fraction of sp³-hybridized carbons (Fsp3) is 0.739. The highest BCUT2D eigenvalue weighted by molar-refractivity contribution is 5.80. The number of aliphatic hydroxyl groups excluding tert-OH is 5. The summed E-state index contributed by atoms with van der Waals surface area (Å²) in [5.41, 5.74) is 0. The Morgan fingerprint density at radius 2 is 0.900 bits per heavy atom. The molecular formula is C69H119NO10. The molecule has 0 spiro atoms. The lowest BCUT2D eigenvalue weighted by Crippen LogP contribution is -2.61. The maximum atomic E-state index is 13.4. The number of hydrogen-bond donors (Lipinski definition) is 6. The number of allylic oxidation sites excluding steroid dienone is 15. The van der Waals surface area contributed by atoms with Crippen molar-refractivity contribution in [3.8, 4) is 0 Å². The quantitative estimate of drug-likeness (QED) is 0.0195. The Labute approximate surface area is 488 Å². The summed E-state index contributed by atoms with van der Waals surface area (Å²) in [6.07, 6.45) is 64.3. The number of carbonyl (C=O) groups is 2. The number of rotatable bonds is 54. The predicted molar refractivity (Wildman–Crippen MR) is 333 cm³/mol. The molecule has 1 aliphatic rings. The smallest absolute Gasteiger partial charge is 0.306 e. The minimum atomic E-state index is -1.63. The van der Waals surface area contributed by atoms with Gasteiger partial charge in [-0.2, -0.15) is 0 Å². The van der Waals surface area contributed by atoms with Gasteiger partial charge in [-0.1, -0.05) is 253 Å². The van der Waals surface area contributed by atoms with Crippen LogP contribution in [0.5, 0.6) is 0 Å². The zero-order valence-corrected chi connectivity index (χ0v) is 50.9.